The van der Waals surface area contributed by atoms with Crippen molar-refractivity contribution in [1.82, 2.24) is 4.98 Å². The van der Waals surface area contributed by atoms with Gasteiger partial charge in [-0.2, -0.15) is 13.2 Å². The van der Waals surface area contributed by atoms with E-state index in [-0.39, 0.29) is 17.3 Å². The van der Waals surface area contributed by atoms with Crippen molar-refractivity contribution in [2.24, 2.45) is 10.2 Å². The minimum Gasteiger partial charge on any atom is -0.493 e. The molecule has 6 nitrogen and oxygen atoms in total. The summed E-state index contributed by atoms with van der Waals surface area (Å²) < 4.78 is 38.5. The number of hydrogen-bond acceptors (Lipinski definition) is 3. The fraction of sp³-hybridized carbons (Fsp3) is 0.0625. The van der Waals surface area contributed by atoms with Gasteiger partial charge in [0.05, 0.1) is 16.1 Å². The van der Waals surface area contributed by atoms with Crippen LogP contribution in [0, 0.1) is 0 Å². The van der Waals surface area contributed by atoms with E-state index in [9.17, 15) is 23.1 Å². The fourth-order valence-corrected chi connectivity index (χ4v) is 2.50. The van der Waals surface area contributed by atoms with Crippen LogP contribution in [0.3, 0.4) is 0 Å². The molecule has 0 bridgehead atoms. The molecule has 0 aliphatic carbocycles. The molecule has 0 unspecified atom stereocenters. The summed E-state index contributed by atoms with van der Waals surface area (Å²) in [4.78, 5) is 14.5. The van der Waals surface area contributed by atoms with E-state index < -0.39 is 22.8 Å². The SMILES string of the molecule is O=C(N=Nc1c(O)[nH]c2ccccc12)Nc1ccc(Cl)c(C(F)(F)F)c1. The second-order valence-corrected chi connectivity index (χ2v) is 5.60. The average Bonchev–Trinajstić information content (AvgIpc) is 2.89. The maximum atomic E-state index is 12.8. The van der Waals surface area contributed by atoms with E-state index in [0.29, 0.717) is 17.0 Å². The number of aromatic hydroxyl groups is 1. The number of amides is 2. The number of H-pyrrole nitrogens is 1. The Morgan fingerprint density at radius 2 is 1.92 bits per heavy atom. The van der Waals surface area contributed by atoms with Crippen LogP contribution >= 0.6 is 11.6 Å². The zero-order valence-corrected chi connectivity index (χ0v) is 13.6. The van der Waals surface area contributed by atoms with Crippen LogP contribution in [-0.4, -0.2) is 16.1 Å². The highest BCUT2D eigenvalue weighted by atomic mass is 35.5. The number of alkyl halides is 3. The number of carbonyl (C=O) groups excluding carboxylic acids is 1. The Balaban J connectivity index is 1.81. The van der Waals surface area contributed by atoms with Crippen molar-refractivity contribution < 1.29 is 23.1 Å². The number of anilines is 1. The van der Waals surface area contributed by atoms with Crippen LogP contribution in [0.15, 0.2) is 52.7 Å². The molecular weight excluding hydrogens is 373 g/mol. The summed E-state index contributed by atoms with van der Waals surface area (Å²) >= 11 is 5.51. The number of aromatic nitrogens is 1. The van der Waals surface area contributed by atoms with Gasteiger partial charge in [0.25, 0.3) is 0 Å². The third-order valence-corrected chi connectivity index (χ3v) is 3.75. The number of nitrogens with one attached hydrogen (secondary N) is 2. The Kier molecular flexibility index (Phi) is 4.56. The van der Waals surface area contributed by atoms with Gasteiger partial charge in [0.1, 0.15) is 0 Å². The van der Waals surface area contributed by atoms with Crippen molar-refractivity contribution in [2.75, 3.05) is 5.32 Å². The van der Waals surface area contributed by atoms with E-state index >= 15 is 0 Å². The van der Waals surface area contributed by atoms with Gasteiger partial charge < -0.3 is 15.4 Å². The predicted octanol–water partition coefficient (Wildman–Crippen LogP) is 5.86. The van der Waals surface area contributed by atoms with E-state index in [1.807, 2.05) is 0 Å². The lowest BCUT2D eigenvalue weighted by Gasteiger charge is -2.10. The first-order chi connectivity index (χ1) is 12.3. The number of fused-ring (bicyclic) bond motifs is 1. The molecule has 0 aliphatic heterocycles. The molecule has 2 aromatic carbocycles. The van der Waals surface area contributed by atoms with E-state index in [1.165, 1.54) is 6.07 Å². The molecule has 26 heavy (non-hydrogen) atoms. The van der Waals surface area contributed by atoms with E-state index in [0.717, 1.165) is 6.07 Å². The smallest absolute Gasteiger partial charge is 0.417 e. The molecule has 0 aliphatic rings. The highest BCUT2D eigenvalue weighted by molar-refractivity contribution is 6.31. The van der Waals surface area contributed by atoms with E-state index in [2.05, 4.69) is 20.5 Å². The van der Waals surface area contributed by atoms with Crippen molar-refractivity contribution >= 4 is 39.9 Å². The number of para-hydroxylation sites is 1. The first kappa shape index (κ1) is 17.7. The number of halogens is 4. The largest absolute Gasteiger partial charge is 0.493 e. The first-order valence-corrected chi connectivity index (χ1v) is 7.52. The van der Waals surface area contributed by atoms with Gasteiger partial charge in [0, 0.05) is 11.1 Å². The molecule has 0 fully saturated rings. The number of rotatable bonds is 2. The quantitative estimate of drug-likeness (QED) is 0.484. The number of azo groups is 1. The van der Waals surface area contributed by atoms with Gasteiger partial charge in [-0.1, -0.05) is 34.9 Å². The summed E-state index contributed by atoms with van der Waals surface area (Å²) in [6.45, 7) is 0. The third-order valence-electron chi connectivity index (χ3n) is 3.42. The Bertz CT molecular complexity index is 1010. The lowest BCUT2D eigenvalue weighted by molar-refractivity contribution is -0.137. The monoisotopic (exact) mass is 382 g/mol. The normalized spacial score (nSPS) is 12.0. The van der Waals surface area contributed by atoms with Crippen LogP contribution in [0.25, 0.3) is 10.9 Å². The number of aromatic amines is 1. The summed E-state index contributed by atoms with van der Waals surface area (Å²) in [5.41, 5.74) is -0.591. The maximum Gasteiger partial charge on any atom is 0.417 e. The maximum absolute atomic E-state index is 12.8. The van der Waals surface area contributed by atoms with Gasteiger partial charge in [-0.05, 0) is 24.3 Å². The number of nitrogens with zero attached hydrogens (tertiary/aromatic N) is 2. The summed E-state index contributed by atoms with van der Waals surface area (Å²) in [5.74, 6) is -0.284. The van der Waals surface area contributed by atoms with Crippen LogP contribution in [0.4, 0.5) is 29.3 Å². The van der Waals surface area contributed by atoms with Crippen molar-refractivity contribution in [3.63, 3.8) is 0 Å². The molecule has 0 saturated heterocycles. The van der Waals surface area contributed by atoms with Crippen LogP contribution in [-0.2, 0) is 6.18 Å². The molecule has 0 radical (unpaired) electrons. The summed E-state index contributed by atoms with van der Waals surface area (Å²) in [5, 5.41) is 19.1. The first-order valence-electron chi connectivity index (χ1n) is 7.15. The van der Waals surface area contributed by atoms with Gasteiger partial charge in [0.15, 0.2) is 5.69 Å². The molecule has 0 spiro atoms. The highest BCUT2D eigenvalue weighted by Crippen LogP contribution is 2.37. The molecule has 134 valence electrons. The van der Waals surface area contributed by atoms with E-state index in [1.54, 1.807) is 24.3 Å². The standard InChI is InChI=1S/C16H10ClF3N4O2/c17-11-6-5-8(7-10(11)16(18,19)20)21-15(26)24-23-13-9-3-1-2-4-12(9)22-14(13)25/h1-7,22,25H,(H,21,26). The second-order valence-electron chi connectivity index (χ2n) is 5.19. The zero-order valence-electron chi connectivity index (χ0n) is 12.8. The highest BCUT2D eigenvalue weighted by Gasteiger charge is 2.33. The fourth-order valence-electron chi connectivity index (χ4n) is 2.28. The second kappa shape index (κ2) is 6.68. The topological polar surface area (TPSA) is 89.8 Å². The molecule has 3 N–H and O–H groups in total. The van der Waals surface area contributed by atoms with Crippen molar-refractivity contribution in [3.8, 4) is 5.88 Å². The van der Waals surface area contributed by atoms with Crippen LogP contribution in [0.1, 0.15) is 5.56 Å². The summed E-state index contributed by atoms with van der Waals surface area (Å²) in [6.07, 6.45) is -4.66. The van der Waals surface area contributed by atoms with Crippen LogP contribution in [0.5, 0.6) is 5.88 Å². The van der Waals surface area contributed by atoms with Gasteiger partial charge in [-0.15, -0.1) is 5.11 Å². The lowest BCUT2D eigenvalue weighted by Crippen LogP contribution is -2.09. The van der Waals surface area contributed by atoms with Gasteiger partial charge in [0.2, 0.25) is 5.88 Å². The molecule has 0 saturated carbocycles. The molecule has 1 heterocycles. The lowest BCUT2D eigenvalue weighted by atomic mass is 10.2. The van der Waals surface area contributed by atoms with Crippen LogP contribution < -0.4 is 5.32 Å². The third kappa shape index (κ3) is 3.62. The van der Waals surface area contributed by atoms with Crippen molar-refractivity contribution in [2.45, 2.75) is 6.18 Å². The number of urea groups is 1. The Morgan fingerprint density at radius 1 is 1.19 bits per heavy atom. The predicted molar refractivity (Wildman–Crippen MR) is 90.0 cm³/mol. The van der Waals surface area contributed by atoms with Gasteiger partial charge in [-0.25, -0.2) is 4.79 Å². The summed E-state index contributed by atoms with van der Waals surface area (Å²) in [7, 11) is 0. The van der Waals surface area contributed by atoms with Gasteiger partial charge in [-0.3, -0.25) is 0 Å². The number of benzene rings is 2. The number of hydrogen-bond donors (Lipinski definition) is 3. The van der Waals surface area contributed by atoms with E-state index in [4.69, 9.17) is 11.6 Å². The molecule has 1 aromatic heterocycles. The Hall–Kier alpha value is -3.07. The summed E-state index contributed by atoms with van der Waals surface area (Å²) in [6, 6.07) is 8.71. The molecule has 3 rings (SSSR count). The Morgan fingerprint density at radius 3 is 2.65 bits per heavy atom. The molecule has 0 atom stereocenters. The molecule has 10 heteroatoms. The van der Waals surface area contributed by atoms with Crippen molar-refractivity contribution in [1.29, 1.82) is 0 Å². The number of carbonyl (C=O) groups is 1. The molecule has 2 amide bonds. The van der Waals surface area contributed by atoms with Crippen molar-refractivity contribution in [3.05, 3.63) is 53.1 Å². The Labute approximate surface area is 149 Å². The average molecular weight is 383 g/mol. The minimum absolute atomic E-state index is 0.0443. The zero-order chi connectivity index (χ0) is 18.9. The molecular formula is C16H10ClF3N4O2. The minimum atomic E-state index is -4.66. The van der Waals surface area contributed by atoms with Crippen LogP contribution in [0.2, 0.25) is 5.02 Å². The molecule has 3 aromatic rings. The van der Waals surface area contributed by atoms with Gasteiger partial charge >= 0.3 is 12.2 Å².